The molecule has 1 aliphatic heterocycles. The molecule has 0 unspecified atom stereocenters. The van der Waals surface area contributed by atoms with Gasteiger partial charge in [-0.3, -0.25) is 4.79 Å². The van der Waals surface area contributed by atoms with Crippen LogP contribution in [-0.2, 0) is 4.74 Å². The highest BCUT2D eigenvalue weighted by atomic mass is 16.6. The maximum atomic E-state index is 12.2. The molecule has 2 N–H and O–H groups in total. The molecule has 0 aromatic heterocycles. The molecule has 136 valence electrons. The van der Waals surface area contributed by atoms with Crippen molar-refractivity contribution in [1.82, 2.24) is 10.2 Å². The molecule has 0 bridgehead atoms. The number of nitrogens with zero attached hydrogens (tertiary/aromatic N) is 1. The van der Waals surface area contributed by atoms with Gasteiger partial charge in [-0.1, -0.05) is 0 Å². The Balaban J connectivity index is 1.92. The van der Waals surface area contributed by atoms with Crippen LogP contribution in [0.1, 0.15) is 54.3 Å². The minimum Gasteiger partial charge on any atom is -0.478 e. The van der Waals surface area contributed by atoms with E-state index in [0.29, 0.717) is 18.7 Å². The van der Waals surface area contributed by atoms with E-state index < -0.39 is 11.6 Å². The maximum Gasteiger partial charge on any atom is 0.410 e. The van der Waals surface area contributed by atoms with Gasteiger partial charge in [0.25, 0.3) is 5.91 Å². The molecule has 1 fully saturated rings. The van der Waals surface area contributed by atoms with Crippen LogP contribution in [0.5, 0.6) is 0 Å². The lowest BCUT2D eigenvalue weighted by Crippen LogP contribution is -2.45. The summed E-state index contributed by atoms with van der Waals surface area (Å²) in [4.78, 5) is 36.9. The van der Waals surface area contributed by atoms with E-state index in [-0.39, 0.29) is 23.6 Å². The molecule has 1 aromatic carbocycles. The van der Waals surface area contributed by atoms with Crippen LogP contribution in [0.25, 0.3) is 0 Å². The molecular weight excluding hydrogens is 324 g/mol. The predicted octanol–water partition coefficient (Wildman–Crippen LogP) is 2.51. The van der Waals surface area contributed by atoms with Crippen LogP contribution in [0.3, 0.4) is 0 Å². The van der Waals surface area contributed by atoms with Gasteiger partial charge in [0.2, 0.25) is 0 Å². The van der Waals surface area contributed by atoms with Crippen molar-refractivity contribution in [2.45, 2.75) is 45.3 Å². The van der Waals surface area contributed by atoms with Gasteiger partial charge >= 0.3 is 12.1 Å². The van der Waals surface area contributed by atoms with Gasteiger partial charge in [0.1, 0.15) is 5.60 Å². The lowest BCUT2D eigenvalue weighted by atomic mass is 10.1. The van der Waals surface area contributed by atoms with Crippen molar-refractivity contribution in [1.29, 1.82) is 0 Å². The Labute approximate surface area is 147 Å². The third-order valence-electron chi connectivity index (χ3n) is 3.90. The van der Waals surface area contributed by atoms with Crippen molar-refractivity contribution in [2.75, 3.05) is 13.1 Å². The second-order valence-electron chi connectivity index (χ2n) is 7.06. The predicted molar refractivity (Wildman–Crippen MR) is 91.7 cm³/mol. The molecule has 7 heteroatoms. The van der Waals surface area contributed by atoms with Crippen LogP contribution in [0.15, 0.2) is 24.3 Å². The van der Waals surface area contributed by atoms with Gasteiger partial charge in [-0.05, 0) is 57.9 Å². The average molecular weight is 348 g/mol. The van der Waals surface area contributed by atoms with Crippen molar-refractivity contribution >= 4 is 18.0 Å². The summed E-state index contributed by atoms with van der Waals surface area (Å²) in [6, 6.07) is 5.62. The number of hydrogen-bond donors (Lipinski definition) is 2. The third kappa shape index (κ3) is 5.20. The topological polar surface area (TPSA) is 95.9 Å². The first-order valence-electron chi connectivity index (χ1n) is 8.28. The summed E-state index contributed by atoms with van der Waals surface area (Å²) in [5.74, 6) is -1.33. The highest BCUT2D eigenvalue weighted by molar-refractivity contribution is 5.95. The number of rotatable bonds is 4. The first-order chi connectivity index (χ1) is 11.7. The van der Waals surface area contributed by atoms with Gasteiger partial charge in [0.05, 0.1) is 11.6 Å². The Morgan fingerprint density at radius 3 is 2.36 bits per heavy atom. The zero-order chi connectivity index (χ0) is 18.6. The minimum atomic E-state index is -1.04. The van der Waals surface area contributed by atoms with E-state index in [9.17, 15) is 14.4 Å². The van der Waals surface area contributed by atoms with Crippen molar-refractivity contribution < 1.29 is 24.2 Å². The first kappa shape index (κ1) is 18.8. The number of carbonyl (C=O) groups excluding carboxylic acids is 2. The molecule has 2 rings (SSSR count). The summed E-state index contributed by atoms with van der Waals surface area (Å²) in [5.41, 5.74) is -0.0467. The van der Waals surface area contributed by atoms with E-state index >= 15 is 0 Å². The number of benzene rings is 1. The largest absolute Gasteiger partial charge is 0.478 e. The Morgan fingerprint density at radius 2 is 1.80 bits per heavy atom. The van der Waals surface area contributed by atoms with Crippen LogP contribution in [0.2, 0.25) is 0 Å². The van der Waals surface area contributed by atoms with Crippen molar-refractivity contribution in [3.63, 3.8) is 0 Å². The van der Waals surface area contributed by atoms with E-state index in [0.717, 1.165) is 12.8 Å². The SMILES string of the molecule is CC(C)(C)OC(=O)N1CCC[C@@H]1CNC(=O)c1ccc(C(=O)O)cc1. The molecule has 25 heavy (non-hydrogen) atoms. The minimum absolute atomic E-state index is 0.0999. The number of hydrogen-bond acceptors (Lipinski definition) is 4. The van der Waals surface area contributed by atoms with Crippen molar-refractivity contribution in [2.24, 2.45) is 0 Å². The highest BCUT2D eigenvalue weighted by Crippen LogP contribution is 2.20. The van der Waals surface area contributed by atoms with Gasteiger partial charge in [0, 0.05) is 18.7 Å². The summed E-state index contributed by atoms with van der Waals surface area (Å²) >= 11 is 0. The van der Waals surface area contributed by atoms with Gasteiger partial charge in [-0.25, -0.2) is 9.59 Å². The summed E-state index contributed by atoms with van der Waals surface area (Å²) in [7, 11) is 0. The fraction of sp³-hybridized carbons (Fsp3) is 0.500. The number of likely N-dealkylation sites (tertiary alicyclic amines) is 1. The summed E-state index contributed by atoms with van der Waals surface area (Å²) in [6.45, 7) is 6.40. The van der Waals surface area contributed by atoms with E-state index in [1.807, 2.05) is 20.8 Å². The summed E-state index contributed by atoms with van der Waals surface area (Å²) < 4.78 is 5.40. The number of amides is 2. The van der Waals surface area contributed by atoms with E-state index in [1.54, 1.807) is 4.90 Å². The van der Waals surface area contributed by atoms with Crippen LogP contribution in [0, 0.1) is 0 Å². The molecule has 1 heterocycles. The zero-order valence-electron chi connectivity index (χ0n) is 14.7. The maximum absolute atomic E-state index is 12.2. The molecule has 0 radical (unpaired) electrons. The fourth-order valence-corrected chi connectivity index (χ4v) is 2.69. The molecule has 1 aliphatic rings. The van der Waals surface area contributed by atoms with Gasteiger partial charge in [-0.2, -0.15) is 0 Å². The molecule has 1 aromatic rings. The Kier molecular flexibility index (Phi) is 5.66. The molecule has 0 spiro atoms. The van der Waals surface area contributed by atoms with E-state index in [1.165, 1.54) is 24.3 Å². The smallest absolute Gasteiger partial charge is 0.410 e. The molecule has 1 atom stereocenters. The van der Waals surface area contributed by atoms with Crippen LogP contribution in [0.4, 0.5) is 4.79 Å². The standard InChI is InChI=1S/C18H24N2O5/c1-18(2,3)25-17(24)20-10-4-5-14(20)11-19-15(21)12-6-8-13(9-7-12)16(22)23/h6-9,14H,4-5,10-11H2,1-3H3,(H,19,21)(H,22,23)/t14-/m1/s1. The van der Waals surface area contributed by atoms with Crippen LogP contribution >= 0.6 is 0 Å². The molecule has 0 saturated carbocycles. The monoisotopic (exact) mass is 348 g/mol. The first-order valence-corrected chi connectivity index (χ1v) is 8.28. The molecule has 1 saturated heterocycles. The Hall–Kier alpha value is -2.57. The number of carboxylic acids is 1. The summed E-state index contributed by atoms with van der Waals surface area (Å²) in [5, 5.41) is 11.7. The average Bonchev–Trinajstić information content (AvgIpc) is 2.99. The zero-order valence-corrected chi connectivity index (χ0v) is 14.7. The van der Waals surface area contributed by atoms with Crippen molar-refractivity contribution in [3.05, 3.63) is 35.4 Å². The highest BCUT2D eigenvalue weighted by Gasteiger charge is 2.32. The number of carbonyl (C=O) groups is 3. The number of aromatic carboxylic acids is 1. The lowest BCUT2D eigenvalue weighted by molar-refractivity contribution is 0.0225. The second kappa shape index (κ2) is 7.55. The van der Waals surface area contributed by atoms with E-state index in [2.05, 4.69) is 5.32 Å². The quantitative estimate of drug-likeness (QED) is 0.871. The Bertz CT molecular complexity index is 648. The van der Waals surface area contributed by atoms with E-state index in [4.69, 9.17) is 9.84 Å². The number of ether oxygens (including phenoxy) is 1. The molecule has 7 nitrogen and oxygen atoms in total. The molecular formula is C18H24N2O5. The molecule has 0 aliphatic carbocycles. The van der Waals surface area contributed by atoms with Gasteiger partial charge < -0.3 is 20.1 Å². The lowest BCUT2D eigenvalue weighted by Gasteiger charge is -2.28. The Morgan fingerprint density at radius 1 is 1.20 bits per heavy atom. The second-order valence-corrected chi connectivity index (χ2v) is 7.06. The number of carboxylic acid groups (broad SMARTS) is 1. The third-order valence-corrected chi connectivity index (χ3v) is 3.90. The van der Waals surface area contributed by atoms with Gasteiger partial charge in [0.15, 0.2) is 0 Å². The summed E-state index contributed by atoms with van der Waals surface area (Å²) in [6.07, 6.45) is 1.31. The molecule has 2 amide bonds. The fourth-order valence-electron chi connectivity index (χ4n) is 2.69. The van der Waals surface area contributed by atoms with Gasteiger partial charge in [-0.15, -0.1) is 0 Å². The van der Waals surface area contributed by atoms with Crippen LogP contribution < -0.4 is 5.32 Å². The normalized spacial score (nSPS) is 17.2. The van der Waals surface area contributed by atoms with Crippen LogP contribution in [-0.4, -0.2) is 52.7 Å². The van der Waals surface area contributed by atoms with Crippen molar-refractivity contribution in [3.8, 4) is 0 Å². The number of nitrogens with one attached hydrogen (secondary N) is 1.